The fraction of sp³-hybridized carbons (Fsp3) is 0.318. The number of fused-ring (bicyclic) bond motifs is 1. The van der Waals surface area contributed by atoms with Crippen LogP contribution in [0.1, 0.15) is 24.4 Å². The summed E-state index contributed by atoms with van der Waals surface area (Å²) >= 11 is 7.23. The van der Waals surface area contributed by atoms with Crippen LogP contribution in [0, 0.1) is 0 Å². The van der Waals surface area contributed by atoms with Gasteiger partial charge in [0, 0.05) is 17.1 Å². The van der Waals surface area contributed by atoms with Crippen LogP contribution in [0.15, 0.2) is 47.6 Å². The van der Waals surface area contributed by atoms with Crippen LogP contribution in [0.5, 0.6) is 11.5 Å². The van der Waals surface area contributed by atoms with Gasteiger partial charge in [-0.15, -0.1) is 10.2 Å². The van der Waals surface area contributed by atoms with Crippen molar-refractivity contribution in [2.24, 2.45) is 0 Å². The molecule has 10 heteroatoms. The highest BCUT2D eigenvalue weighted by Gasteiger charge is 2.31. The molecule has 2 aliphatic heterocycles. The highest BCUT2D eigenvalue weighted by molar-refractivity contribution is 7.99. The number of nitrogens with two attached hydrogens (primary N) is 1. The van der Waals surface area contributed by atoms with E-state index in [4.69, 9.17) is 26.9 Å². The Morgan fingerprint density at radius 1 is 1.12 bits per heavy atom. The predicted molar refractivity (Wildman–Crippen MR) is 122 cm³/mol. The molecule has 0 bridgehead atoms. The van der Waals surface area contributed by atoms with Crippen LogP contribution < -0.4 is 15.3 Å². The van der Waals surface area contributed by atoms with E-state index in [1.165, 1.54) is 16.4 Å². The Bertz CT molecular complexity index is 1140. The Hall–Kier alpha value is -2.91. The zero-order valence-electron chi connectivity index (χ0n) is 17.2. The molecule has 2 aliphatic rings. The lowest BCUT2D eigenvalue weighted by Gasteiger charge is -2.26. The van der Waals surface area contributed by atoms with Gasteiger partial charge in [0.25, 0.3) is 0 Å². The summed E-state index contributed by atoms with van der Waals surface area (Å²) in [6.07, 6.45) is 1.88. The first-order chi connectivity index (χ1) is 15.6. The topological polar surface area (TPSA) is 95.5 Å². The average Bonchev–Trinajstić information content (AvgIpc) is 3.45. The van der Waals surface area contributed by atoms with Gasteiger partial charge in [0.15, 0.2) is 17.3 Å². The van der Waals surface area contributed by atoms with E-state index in [0.29, 0.717) is 29.2 Å². The minimum atomic E-state index is 0.0271. The fourth-order valence-corrected chi connectivity index (χ4v) is 4.93. The molecule has 8 nitrogen and oxygen atoms in total. The summed E-state index contributed by atoms with van der Waals surface area (Å²) in [6.45, 7) is 1.82. The van der Waals surface area contributed by atoms with Crippen LogP contribution >= 0.6 is 23.4 Å². The first-order valence-corrected chi connectivity index (χ1v) is 11.7. The molecule has 2 aromatic carbocycles. The van der Waals surface area contributed by atoms with Crippen LogP contribution in [0.3, 0.4) is 0 Å². The maximum absolute atomic E-state index is 13.1. The first-order valence-electron chi connectivity index (χ1n) is 10.4. The molecular weight excluding hydrogens is 450 g/mol. The zero-order chi connectivity index (χ0) is 22.1. The monoisotopic (exact) mass is 471 g/mol. The summed E-state index contributed by atoms with van der Waals surface area (Å²) in [5, 5.41) is 9.44. The minimum absolute atomic E-state index is 0.0271. The van der Waals surface area contributed by atoms with E-state index in [1.54, 1.807) is 12.1 Å². The Morgan fingerprint density at radius 3 is 2.72 bits per heavy atom. The van der Waals surface area contributed by atoms with Crippen LogP contribution in [0.4, 0.5) is 0 Å². The van der Waals surface area contributed by atoms with E-state index in [-0.39, 0.29) is 17.7 Å². The number of rotatable bonds is 5. The third-order valence-corrected chi connectivity index (χ3v) is 6.80. The molecule has 1 amide bonds. The van der Waals surface area contributed by atoms with Crippen LogP contribution in [0.25, 0.3) is 11.4 Å². The Kier molecular flexibility index (Phi) is 5.84. The fourth-order valence-electron chi connectivity index (χ4n) is 4.06. The lowest BCUT2D eigenvalue weighted by atomic mass is 10.0. The molecule has 3 aromatic rings. The molecule has 0 saturated carbocycles. The van der Waals surface area contributed by atoms with Crippen molar-refractivity contribution in [2.45, 2.75) is 24.0 Å². The summed E-state index contributed by atoms with van der Waals surface area (Å²) < 4.78 is 12.7. The minimum Gasteiger partial charge on any atom is -0.486 e. The molecule has 1 saturated heterocycles. The SMILES string of the molecule is Nn1c(SCC(=O)N2CCC[C@H]2c2ccc3c(c2)OCCO3)nnc1-c1ccc(Cl)cc1. The normalized spacial score (nSPS) is 17.5. The summed E-state index contributed by atoms with van der Waals surface area (Å²) in [5.74, 6) is 8.48. The van der Waals surface area contributed by atoms with Crippen molar-refractivity contribution in [1.82, 2.24) is 19.8 Å². The second kappa shape index (κ2) is 8.91. The number of ether oxygens (including phenoxy) is 2. The van der Waals surface area contributed by atoms with E-state index in [2.05, 4.69) is 10.2 Å². The third kappa shape index (κ3) is 4.10. The molecule has 1 fully saturated rings. The predicted octanol–water partition coefficient (Wildman–Crippen LogP) is 3.54. The summed E-state index contributed by atoms with van der Waals surface area (Å²) in [6, 6.07) is 13.2. The average molecular weight is 472 g/mol. The number of hydrogen-bond donors (Lipinski definition) is 1. The molecule has 0 radical (unpaired) electrons. The Morgan fingerprint density at radius 2 is 1.91 bits per heavy atom. The van der Waals surface area contributed by atoms with Gasteiger partial charge >= 0.3 is 0 Å². The molecule has 0 spiro atoms. The number of halogens is 1. The van der Waals surface area contributed by atoms with Crippen molar-refractivity contribution in [1.29, 1.82) is 0 Å². The van der Waals surface area contributed by atoms with Gasteiger partial charge in [-0.2, -0.15) is 0 Å². The number of aromatic nitrogens is 3. The summed E-state index contributed by atoms with van der Waals surface area (Å²) in [5.41, 5.74) is 1.87. The molecule has 5 rings (SSSR count). The van der Waals surface area contributed by atoms with E-state index < -0.39 is 0 Å². The quantitative estimate of drug-likeness (QED) is 0.449. The van der Waals surface area contributed by atoms with Gasteiger partial charge in [-0.3, -0.25) is 4.79 Å². The van der Waals surface area contributed by atoms with Crippen LogP contribution in [-0.4, -0.2) is 51.2 Å². The van der Waals surface area contributed by atoms with Gasteiger partial charge < -0.3 is 20.2 Å². The Labute approximate surface area is 194 Å². The molecule has 1 aromatic heterocycles. The lowest BCUT2D eigenvalue weighted by molar-refractivity contribution is -0.129. The highest BCUT2D eigenvalue weighted by atomic mass is 35.5. The van der Waals surface area contributed by atoms with Crippen molar-refractivity contribution >= 4 is 29.3 Å². The molecule has 0 unspecified atom stereocenters. The van der Waals surface area contributed by atoms with E-state index >= 15 is 0 Å². The molecule has 166 valence electrons. The van der Waals surface area contributed by atoms with Crippen molar-refractivity contribution in [3.63, 3.8) is 0 Å². The number of benzene rings is 2. The number of amides is 1. The second-order valence-electron chi connectivity index (χ2n) is 7.62. The Balaban J connectivity index is 1.26. The second-order valence-corrected chi connectivity index (χ2v) is 9.00. The zero-order valence-corrected chi connectivity index (χ0v) is 18.8. The van der Waals surface area contributed by atoms with Gasteiger partial charge in [0.2, 0.25) is 11.1 Å². The largest absolute Gasteiger partial charge is 0.486 e. The van der Waals surface area contributed by atoms with Crippen LogP contribution in [0.2, 0.25) is 5.02 Å². The lowest BCUT2D eigenvalue weighted by Crippen LogP contribution is -2.32. The van der Waals surface area contributed by atoms with Crippen LogP contribution in [-0.2, 0) is 4.79 Å². The van der Waals surface area contributed by atoms with Crippen molar-refractivity contribution < 1.29 is 14.3 Å². The van der Waals surface area contributed by atoms with Gasteiger partial charge in [-0.05, 0) is 54.8 Å². The smallest absolute Gasteiger partial charge is 0.233 e. The van der Waals surface area contributed by atoms with Crippen molar-refractivity contribution in [2.75, 3.05) is 31.4 Å². The maximum Gasteiger partial charge on any atom is 0.233 e. The molecule has 3 heterocycles. The maximum atomic E-state index is 13.1. The van der Waals surface area contributed by atoms with E-state index in [1.807, 2.05) is 35.2 Å². The third-order valence-electron chi connectivity index (χ3n) is 5.62. The first kappa shape index (κ1) is 21.0. The number of carbonyl (C=O) groups is 1. The van der Waals surface area contributed by atoms with E-state index in [9.17, 15) is 4.79 Å². The molecule has 32 heavy (non-hydrogen) atoms. The summed E-state index contributed by atoms with van der Waals surface area (Å²) in [7, 11) is 0. The number of carbonyl (C=O) groups excluding carboxylic acids is 1. The summed E-state index contributed by atoms with van der Waals surface area (Å²) in [4.78, 5) is 15.0. The van der Waals surface area contributed by atoms with E-state index in [0.717, 1.165) is 42.0 Å². The number of nitrogens with zero attached hydrogens (tertiary/aromatic N) is 4. The number of thioether (sulfide) groups is 1. The highest BCUT2D eigenvalue weighted by Crippen LogP contribution is 2.38. The standard InChI is InChI=1S/C22H22ClN5O3S/c23-16-6-3-14(4-7-16)21-25-26-22(28(21)24)32-13-20(29)27-9-1-2-17(27)15-5-8-18-19(12-15)31-11-10-30-18/h3-8,12,17H,1-2,9-11,13,24H2/t17-/m0/s1. The van der Waals surface area contributed by atoms with Gasteiger partial charge in [-0.25, -0.2) is 4.68 Å². The van der Waals surface area contributed by atoms with Gasteiger partial charge in [0.05, 0.1) is 11.8 Å². The van der Waals surface area contributed by atoms with Gasteiger partial charge in [-0.1, -0.05) is 29.4 Å². The molecular formula is C22H22ClN5O3S. The number of nitrogen functional groups attached to an aromatic ring is 1. The molecule has 2 N–H and O–H groups in total. The van der Waals surface area contributed by atoms with Crippen molar-refractivity contribution in [3.05, 3.63) is 53.1 Å². The molecule has 0 aliphatic carbocycles. The van der Waals surface area contributed by atoms with Gasteiger partial charge in [0.1, 0.15) is 13.2 Å². The number of hydrogen-bond acceptors (Lipinski definition) is 7. The number of likely N-dealkylation sites (tertiary alicyclic amines) is 1. The van der Waals surface area contributed by atoms with Crippen molar-refractivity contribution in [3.8, 4) is 22.9 Å². The molecule has 1 atom stereocenters.